The van der Waals surface area contributed by atoms with Gasteiger partial charge >= 0.3 is 0 Å². The van der Waals surface area contributed by atoms with E-state index in [1.165, 1.54) is 12.1 Å². The first-order chi connectivity index (χ1) is 10.8. The van der Waals surface area contributed by atoms with Crippen LogP contribution in [0.2, 0.25) is 0 Å². The highest BCUT2D eigenvalue weighted by atomic mass is 32.2. The molecular weight excluding hydrogens is 316 g/mol. The second-order valence-electron chi connectivity index (χ2n) is 5.62. The molecule has 0 atom stereocenters. The van der Waals surface area contributed by atoms with Crippen LogP contribution in [-0.4, -0.2) is 59.5 Å². The van der Waals surface area contributed by atoms with Crippen LogP contribution in [0.1, 0.15) is 12.0 Å². The Morgan fingerprint density at radius 3 is 2.39 bits per heavy atom. The van der Waals surface area contributed by atoms with E-state index in [-0.39, 0.29) is 10.8 Å². The number of carbonyl (C=O) groups is 1. The van der Waals surface area contributed by atoms with Crippen molar-refractivity contribution in [1.29, 1.82) is 0 Å². The summed E-state index contributed by atoms with van der Waals surface area (Å²) in [5.41, 5.74) is 0.941. The lowest BCUT2D eigenvalue weighted by atomic mass is 10.1. The average Bonchev–Trinajstić information content (AvgIpc) is 2.46. The molecule has 0 unspecified atom stereocenters. The van der Waals surface area contributed by atoms with E-state index in [0.717, 1.165) is 25.1 Å². The van der Waals surface area contributed by atoms with Crippen LogP contribution >= 0.6 is 0 Å². The van der Waals surface area contributed by atoms with Gasteiger partial charge in [0.25, 0.3) is 0 Å². The van der Waals surface area contributed by atoms with Gasteiger partial charge in [-0.3, -0.25) is 4.79 Å². The van der Waals surface area contributed by atoms with E-state index in [2.05, 4.69) is 15.5 Å². The third kappa shape index (κ3) is 8.65. The van der Waals surface area contributed by atoms with Crippen LogP contribution < -0.4 is 15.8 Å². The van der Waals surface area contributed by atoms with Gasteiger partial charge in [-0.15, -0.1) is 0 Å². The van der Waals surface area contributed by atoms with Gasteiger partial charge in [0.1, 0.15) is 0 Å². The fraction of sp³-hybridized carbons (Fsp3) is 0.533. The molecule has 130 valence electrons. The number of nitrogens with two attached hydrogens (primary N) is 1. The van der Waals surface area contributed by atoms with Crippen LogP contribution in [0.15, 0.2) is 29.2 Å². The summed E-state index contributed by atoms with van der Waals surface area (Å²) < 4.78 is 22.3. The van der Waals surface area contributed by atoms with Crippen molar-refractivity contribution >= 4 is 15.9 Å². The van der Waals surface area contributed by atoms with Crippen LogP contribution in [0.4, 0.5) is 0 Å². The van der Waals surface area contributed by atoms with E-state index in [9.17, 15) is 13.2 Å². The largest absolute Gasteiger partial charge is 0.355 e. The van der Waals surface area contributed by atoms with E-state index in [4.69, 9.17) is 5.14 Å². The maximum atomic E-state index is 11.6. The summed E-state index contributed by atoms with van der Waals surface area (Å²) in [6, 6.07) is 6.34. The highest BCUT2D eigenvalue weighted by molar-refractivity contribution is 7.89. The Labute approximate surface area is 138 Å². The smallest absolute Gasteiger partial charge is 0.238 e. The third-order valence-electron chi connectivity index (χ3n) is 3.23. The van der Waals surface area contributed by atoms with Gasteiger partial charge in [0.2, 0.25) is 15.9 Å². The van der Waals surface area contributed by atoms with Crippen molar-refractivity contribution in [3.8, 4) is 0 Å². The summed E-state index contributed by atoms with van der Waals surface area (Å²) in [5.74, 6) is -0.0454. The lowest BCUT2D eigenvalue weighted by molar-refractivity contribution is -0.120. The summed E-state index contributed by atoms with van der Waals surface area (Å²) in [6.45, 7) is 2.61. The zero-order valence-corrected chi connectivity index (χ0v) is 14.5. The number of amides is 1. The van der Waals surface area contributed by atoms with Gasteiger partial charge < -0.3 is 15.5 Å². The predicted molar refractivity (Wildman–Crippen MR) is 90.6 cm³/mol. The Hall–Kier alpha value is -1.48. The summed E-state index contributed by atoms with van der Waals surface area (Å²) >= 11 is 0. The first-order valence-electron chi connectivity index (χ1n) is 7.53. The van der Waals surface area contributed by atoms with Crippen molar-refractivity contribution < 1.29 is 13.2 Å². The third-order valence-corrected chi connectivity index (χ3v) is 4.16. The number of hydrogen-bond acceptors (Lipinski definition) is 5. The van der Waals surface area contributed by atoms with Crippen molar-refractivity contribution in [2.75, 3.05) is 40.3 Å². The number of sulfonamides is 1. The molecule has 0 spiro atoms. The SMILES string of the molecule is CN(C)CCCNCC(=O)NCCc1ccc(S(N)(=O)=O)cc1. The Bertz CT molecular complexity index is 585. The fourth-order valence-electron chi connectivity index (χ4n) is 1.98. The number of hydrogen-bond donors (Lipinski definition) is 3. The molecule has 23 heavy (non-hydrogen) atoms. The highest BCUT2D eigenvalue weighted by Gasteiger charge is 2.06. The van der Waals surface area contributed by atoms with Crippen LogP contribution in [0.5, 0.6) is 0 Å². The van der Waals surface area contributed by atoms with Gasteiger partial charge in [-0.1, -0.05) is 12.1 Å². The lowest BCUT2D eigenvalue weighted by Gasteiger charge is -2.10. The molecule has 0 bridgehead atoms. The Kier molecular flexibility index (Phi) is 8.18. The Morgan fingerprint density at radius 1 is 1.17 bits per heavy atom. The van der Waals surface area contributed by atoms with Crippen LogP contribution in [0, 0.1) is 0 Å². The van der Waals surface area contributed by atoms with Crippen molar-refractivity contribution in [3.63, 3.8) is 0 Å². The topological polar surface area (TPSA) is 105 Å². The molecule has 0 saturated heterocycles. The number of primary sulfonamides is 1. The van der Waals surface area contributed by atoms with E-state index < -0.39 is 10.0 Å². The van der Waals surface area contributed by atoms with Gasteiger partial charge in [-0.2, -0.15) is 0 Å². The van der Waals surface area contributed by atoms with Crippen molar-refractivity contribution in [2.24, 2.45) is 5.14 Å². The van der Waals surface area contributed by atoms with Gasteiger partial charge in [0.15, 0.2) is 0 Å². The maximum absolute atomic E-state index is 11.6. The van der Waals surface area contributed by atoms with Gasteiger partial charge in [-0.05, 0) is 57.7 Å². The molecule has 8 heteroatoms. The molecule has 0 aliphatic rings. The van der Waals surface area contributed by atoms with Crippen molar-refractivity contribution in [2.45, 2.75) is 17.7 Å². The first kappa shape index (κ1) is 19.6. The molecule has 0 aliphatic carbocycles. The summed E-state index contributed by atoms with van der Waals surface area (Å²) in [5, 5.41) is 11.0. The first-order valence-corrected chi connectivity index (χ1v) is 9.07. The monoisotopic (exact) mass is 342 g/mol. The number of carbonyl (C=O) groups excluding carboxylic acids is 1. The molecule has 1 aromatic rings. The van der Waals surface area contributed by atoms with Gasteiger partial charge in [-0.25, -0.2) is 13.6 Å². The van der Waals surface area contributed by atoms with E-state index >= 15 is 0 Å². The molecule has 0 radical (unpaired) electrons. The molecule has 0 aliphatic heterocycles. The Morgan fingerprint density at radius 2 is 1.83 bits per heavy atom. The minimum absolute atomic E-state index is 0.0454. The van der Waals surface area contributed by atoms with E-state index in [1.54, 1.807) is 12.1 Å². The number of benzene rings is 1. The molecule has 1 rings (SSSR count). The molecule has 4 N–H and O–H groups in total. The summed E-state index contributed by atoms with van der Waals surface area (Å²) in [6.07, 6.45) is 1.63. The minimum Gasteiger partial charge on any atom is -0.355 e. The zero-order chi connectivity index (χ0) is 17.3. The molecule has 0 heterocycles. The predicted octanol–water partition coefficient (Wildman–Crippen LogP) is -0.466. The quantitative estimate of drug-likeness (QED) is 0.499. The summed E-state index contributed by atoms with van der Waals surface area (Å²) in [7, 11) is 0.377. The van der Waals surface area contributed by atoms with Crippen molar-refractivity contribution in [3.05, 3.63) is 29.8 Å². The number of nitrogens with zero attached hydrogens (tertiary/aromatic N) is 1. The second-order valence-corrected chi connectivity index (χ2v) is 7.18. The van der Waals surface area contributed by atoms with Gasteiger partial charge in [0, 0.05) is 6.54 Å². The molecule has 0 saturated carbocycles. The van der Waals surface area contributed by atoms with E-state index in [0.29, 0.717) is 19.5 Å². The highest BCUT2D eigenvalue weighted by Crippen LogP contribution is 2.08. The van der Waals surface area contributed by atoms with Crippen LogP contribution in [-0.2, 0) is 21.2 Å². The number of rotatable bonds is 10. The maximum Gasteiger partial charge on any atom is 0.238 e. The molecule has 1 amide bonds. The minimum atomic E-state index is -3.66. The molecule has 0 aromatic heterocycles. The van der Waals surface area contributed by atoms with Crippen LogP contribution in [0.25, 0.3) is 0 Å². The lowest BCUT2D eigenvalue weighted by Crippen LogP contribution is -2.35. The van der Waals surface area contributed by atoms with Crippen molar-refractivity contribution in [1.82, 2.24) is 15.5 Å². The molecule has 7 nitrogen and oxygen atoms in total. The zero-order valence-electron chi connectivity index (χ0n) is 13.7. The Balaban J connectivity index is 2.20. The molecular formula is C15H26N4O3S. The van der Waals surface area contributed by atoms with Gasteiger partial charge in [0.05, 0.1) is 11.4 Å². The number of nitrogens with one attached hydrogen (secondary N) is 2. The standard InChI is InChI=1S/C15H26N4O3S/c1-19(2)11-3-9-17-12-15(20)18-10-8-13-4-6-14(7-5-13)23(16,21)22/h4-7,17H,3,8-12H2,1-2H3,(H,18,20)(H2,16,21,22). The fourth-order valence-corrected chi connectivity index (χ4v) is 2.49. The molecule has 1 aromatic carbocycles. The molecule has 0 fully saturated rings. The van der Waals surface area contributed by atoms with Crippen LogP contribution in [0.3, 0.4) is 0 Å². The normalized spacial score (nSPS) is 11.7. The summed E-state index contributed by atoms with van der Waals surface area (Å²) in [4.78, 5) is 13.8. The van der Waals surface area contributed by atoms with E-state index in [1.807, 2.05) is 14.1 Å². The average molecular weight is 342 g/mol. The second kappa shape index (κ2) is 9.61.